The maximum atomic E-state index is 9.59. The molecule has 0 aromatic rings. The minimum atomic E-state index is -0.405. The van der Waals surface area contributed by atoms with Gasteiger partial charge >= 0.3 is 0 Å². The van der Waals surface area contributed by atoms with Crippen LogP contribution in [0.4, 0.5) is 0 Å². The minimum absolute atomic E-state index is 0.375. The Kier molecular flexibility index (Phi) is 4.26. The van der Waals surface area contributed by atoms with Gasteiger partial charge in [0.1, 0.15) is 0 Å². The molecule has 0 saturated carbocycles. The molecule has 0 aliphatic heterocycles. The molecule has 47 valence electrons. The molecule has 0 spiro atoms. The van der Waals surface area contributed by atoms with Crippen molar-refractivity contribution in [2.45, 2.75) is 13.2 Å². The first-order valence-electron chi connectivity index (χ1n) is 2.46. The fourth-order valence-electron chi connectivity index (χ4n) is 0.343. The SMILES string of the molecule is [CH2]C(NCC)OC=O. The van der Waals surface area contributed by atoms with Crippen molar-refractivity contribution in [3.63, 3.8) is 0 Å². The van der Waals surface area contributed by atoms with E-state index in [-0.39, 0.29) is 0 Å². The zero-order valence-corrected chi connectivity index (χ0v) is 4.89. The Morgan fingerprint density at radius 3 is 3.00 bits per heavy atom. The highest BCUT2D eigenvalue weighted by atomic mass is 16.5. The van der Waals surface area contributed by atoms with Crippen LogP contribution in [0.1, 0.15) is 6.92 Å². The number of nitrogens with one attached hydrogen (secondary N) is 1. The Morgan fingerprint density at radius 2 is 2.62 bits per heavy atom. The fourth-order valence-corrected chi connectivity index (χ4v) is 0.343. The standard InChI is InChI=1S/C5H10NO2/c1-3-6-5(2)8-4-7/h4-6H,2-3H2,1H3. The molecule has 0 aliphatic carbocycles. The van der Waals surface area contributed by atoms with E-state index in [9.17, 15) is 4.79 Å². The smallest absolute Gasteiger partial charge is 0.294 e. The molecule has 8 heavy (non-hydrogen) atoms. The zero-order valence-electron chi connectivity index (χ0n) is 4.89. The van der Waals surface area contributed by atoms with E-state index in [0.29, 0.717) is 6.47 Å². The molecule has 1 atom stereocenters. The van der Waals surface area contributed by atoms with Crippen molar-refractivity contribution < 1.29 is 9.53 Å². The minimum Gasteiger partial charge on any atom is -0.449 e. The summed E-state index contributed by atoms with van der Waals surface area (Å²) in [6, 6.07) is 0. The lowest BCUT2D eigenvalue weighted by Crippen LogP contribution is -2.28. The van der Waals surface area contributed by atoms with Crippen LogP contribution in [0, 0.1) is 6.92 Å². The Labute approximate surface area is 49.0 Å². The van der Waals surface area contributed by atoms with Gasteiger partial charge in [-0.05, 0) is 6.54 Å². The first-order valence-corrected chi connectivity index (χ1v) is 2.46. The van der Waals surface area contributed by atoms with Gasteiger partial charge in [0.25, 0.3) is 6.47 Å². The molecule has 3 nitrogen and oxygen atoms in total. The second-order valence-electron chi connectivity index (χ2n) is 1.28. The second kappa shape index (κ2) is 4.59. The Morgan fingerprint density at radius 1 is 2.00 bits per heavy atom. The maximum Gasteiger partial charge on any atom is 0.294 e. The Hall–Kier alpha value is -0.570. The van der Waals surface area contributed by atoms with Gasteiger partial charge in [-0.1, -0.05) is 6.92 Å². The summed E-state index contributed by atoms with van der Waals surface area (Å²) in [5.41, 5.74) is 0. The highest BCUT2D eigenvalue weighted by molar-refractivity contribution is 5.37. The Balaban J connectivity index is 3.03. The van der Waals surface area contributed by atoms with E-state index in [1.165, 1.54) is 0 Å². The summed E-state index contributed by atoms with van der Waals surface area (Å²) in [5.74, 6) is 0. The molecule has 0 saturated heterocycles. The molecule has 0 aromatic heterocycles. The molecular formula is C5H10NO2. The molecular weight excluding hydrogens is 106 g/mol. The monoisotopic (exact) mass is 116 g/mol. The normalized spacial score (nSPS) is 12.8. The van der Waals surface area contributed by atoms with Crippen molar-refractivity contribution in [2.24, 2.45) is 0 Å². The molecule has 0 heterocycles. The quantitative estimate of drug-likeness (QED) is 0.412. The van der Waals surface area contributed by atoms with E-state index in [1.54, 1.807) is 0 Å². The van der Waals surface area contributed by atoms with E-state index < -0.39 is 6.23 Å². The lowest BCUT2D eigenvalue weighted by Gasteiger charge is -2.07. The highest BCUT2D eigenvalue weighted by Gasteiger charge is 1.93. The zero-order chi connectivity index (χ0) is 6.41. The van der Waals surface area contributed by atoms with Crippen molar-refractivity contribution >= 4 is 6.47 Å². The van der Waals surface area contributed by atoms with Crippen LogP contribution in [-0.4, -0.2) is 19.2 Å². The molecule has 0 aliphatic rings. The molecule has 1 unspecified atom stereocenters. The third kappa shape index (κ3) is 3.61. The van der Waals surface area contributed by atoms with Crippen LogP contribution in [0.3, 0.4) is 0 Å². The van der Waals surface area contributed by atoms with Crippen molar-refractivity contribution in [2.75, 3.05) is 6.54 Å². The van der Waals surface area contributed by atoms with Crippen molar-refractivity contribution in [3.05, 3.63) is 6.92 Å². The van der Waals surface area contributed by atoms with Gasteiger partial charge in [-0.3, -0.25) is 10.1 Å². The van der Waals surface area contributed by atoms with Gasteiger partial charge in [-0.15, -0.1) is 0 Å². The summed E-state index contributed by atoms with van der Waals surface area (Å²) in [6.45, 7) is 6.49. The number of ether oxygens (including phenoxy) is 1. The molecule has 3 heteroatoms. The van der Waals surface area contributed by atoms with Gasteiger partial charge in [0.15, 0.2) is 6.23 Å². The maximum absolute atomic E-state index is 9.59. The first kappa shape index (κ1) is 7.43. The largest absolute Gasteiger partial charge is 0.449 e. The topological polar surface area (TPSA) is 38.3 Å². The molecule has 0 bridgehead atoms. The second-order valence-corrected chi connectivity index (χ2v) is 1.28. The molecule has 1 N–H and O–H groups in total. The molecule has 1 radical (unpaired) electrons. The van der Waals surface area contributed by atoms with Crippen LogP contribution in [0.5, 0.6) is 0 Å². The third-order valence-electron chi connectivity index (χ3n) is 0.652. The number of hydrogen-bond donors (Lipinski definition) is 1. The number of carbonyl (C=O) groups excluding carboxylic acids is 1. The summed E-state index contributed by atoms with van der Waals surface area (Å²) in [6.07, 6.45) is -0.405. The van der Waals surface area contributed by atoms with Gasteiger partial charge in [0, 0.05) is 6.92 Å². The highest BCUT2D eigenvalue weighted by Crippen LogP contribution is 1.76. The first-order chi connectivity index (χ1) is 3.81. The van der Waals surface area contributed by atoms with Crippen LogP contribution in [-0.2, 0) is 9.53 Å². The van der Waals surface area contributed by atoms with Crippen molar-refractivity contribution in [1.29, 1.82) is 0 Å². The third-order valence-corrected chi connectivity index (χ3v) is 0.652. The van der Waals surface area contributed by atoms with Gasteiger partial charge < -0.3 is 4.74 Å². The lowest BCUT2D eigenvalue weighted by atomic mass is 10.6. The van der Waals surface area contributed by atoms with Crippen LogP contribution in [0.25, 0.3) is 0 Å². The van der Waals surface area contributed by atoms with Gasteiger partial charge in [-0.2, -0.15) is 0 Å². The molecule has 0 fully saturated rings. The summed E-state index contributed by atoms with van der Waals surface area (Å²) >= 11 is 0. The summed E-state index contributed by atoms with van der Waals surface area (Å²) < 4.78 is 4.38. The Bertz CT molecular complexity index is 65.4. The van der Waals surface area contributed by atoms with Crippen LogP contribution >= 0.6 is 0 Å². The summed E-state index contributed by atoms with van der Waals surface area (Å²) in [5, 5.41) is 2.78. The average molecular weight is 116 g/mol. The number of carbonyl (C=O) groups is 1. The van der Waals surface area contributed by atoms with Crippen LogP contribution in [0.15, 0.2) is 0 Å². The van der Waals surface area contributed by atoms with E-state index in [1.807, 2.05) is 6.92 Å². The lowest BCUT2D eigenvalue weighted by molar-refractivity contribution is -0.132. The number of hydrogen-bond acceptors (Lipinski definition) is 3. The van der Waals surface area contributed by atoms with Crippen LogP contribution in [0.2, 0.25) is 0 Å². The molecule has 0 amide bonds. The van der Waals surface area contributed by atoms with Gasteiger partial charge in [0.05, 0.1) is 0 Å². The van der Waals surface area contributed by atoms with Gasteiger partial charge in [0.2, 0.25) is 0 Å². The average Bonchev–Trinajstić information content (AvgIpc) is 1.68. The van der Waals surface area contributed by atoms with E-state index in [0.717, 1.165) is 6.54 Å². The van der Waals surface area contributed by atoms with Crippen LogP contribution < -0.4 is 5.32 Å². The van der Waals surface area contributed by atoms with Gasteiger partial charge in [-0.25, -0.2) is 0 Å². The summed E-state index contributed by atoms with van der Waals surface area (Å²) in [7, 11) is 0. The molecule has 0 rings (SSSR count). The van der Waals surface area contributed by atoms with Crippen molar-refractivity contribution in [3.8, 4) is 0 Å². The summed E-state index contributed by atoms with van der Waals surface area (Å²) in [4.78, 5) is 9.59. The predicted octanol–water partition coefficient (Wildman–Crippen LogP) is -0.0709. The fraction of sp³-hybridized carbons (Fsp3) is 0.600. The molecule has 0 aromatic carbocycles. The van der Waals surface area contributed by atoms with E-state index in [4.69, 9.17) is 0 Å². The van der Waals surface area contributed by atoms with Crippen molar-refractivity contribution in [1.82, 2.24) is 5.32 Å². The number of rotatable bonds is 4. The predicted molar refractivity (Wildman–Crippen MR) is 30.0 cm³/mol. The van der Waals surface area contributed by atoms with E-state index in [2.05, 4.69) is 17.0 Å². The van der Waals surface area contributed by atoms with E-state index >= 15 is 0 Å².